The van der Waals surface area contributed by atoms with Crippen molar-refractivity contribution in [2.45, 2.75) is 20.3 Å². The van der Waals surface area contributed by atoms with Crippen LogP contribution >= 0.6 is 11.3 Å². The summed E-state index contributed by atoms with van der Waals surface area (Å²) in [5, 5.41) is 6.88. The van der Waals surface area contributed by atoms with Crippen molar-refractivity contribution in [1.82, 2.24) is 4.98 Å². The van der Waals surface area contributed by atoms with Gasteiger partial charge in [0.25, 0.3) is 5.91 Å². The van der Waals surface area contributed by atoms with Crippen LogP contribution in [0.25, 0.3) is 0 Å². The highest BCUT2D eigenvalue weighted by Crippen LogP contribution is 2.23. The lowest BCUT2D eigenvalue weighted by molar-refractivity contribution is 0.103. The molecule has 1 aromatic heterocycles. The zero-order valence-electron chi connectivity index (χ0n) is 12.9. The van der Waals surface area contributed by atoms with Crippen LogP contribution in [-0.4, -0.2) is 30.6 Å². The standard InChI is InChI=1S/C16H21N3O2S/c1-3-21-11-7-10-17-16-18-12(2)14(22-16)15(20)19-13-8-5-4-6-9-13/h4-6,8-9H,3,7,10-11H2,1-2H3,(H,17,18)(H,19,20). The molecule has 0 spiro atoms. The summed E-state index contributed by atoms with van der Waals surface area (Å²) in [5.41, 5.74) is 1.53. The fraction of sp³-hybridized carbons (Fsp3) is 0.375. The third kappa shape index (κ3) is 4.82. The molecular formula is C16H21N3O2S. The fourth-order valence-corrected chi connectivity index (χ4v) is 2.79. The van der Waals surface area contributed by atoms with E-state index < -0.39 is 0 Å². The minimum absolute atomic E-state index is 0.122. The van der Waals surface area contributed by atoms with Crippen LogP contribution in [0.2, 0.25) is 0 Å². The molecule has 1 aromatic carbocycles. The molecule has 118 valence electrons. The molecule has 0 bridgehead atoms. The molecule has 2 aromatic rings. The van der Waals surface area contributed by atoms with Gasteiger partial charge in [-0.1, -0.05) is 29.5 Å². The topological polar surface area (TPSA) is 63.2 Å². The molecule has 0 saturated heterocycles. The summed E-state index contributed by atoms with van der Waals surface area (Å²) in [4.78, 5) is 17.3. The maximum Gasteiger partial charge on any atom is 0.267 e. The lowest BCUT2D eigenvalue weighted by Crippen LogP contribution is -2.11. The normalized spacial score (nSPS) is 10.5. The highest BCUT2D eigenvalue weighted by atomic mass is 32.1. The monoisotopic (exact) mass is 319 g/mol. The third-order valence-corrected chi connectivity index (χ3v) is 4.09. The molecule has 0 aliphatic carbocycles. The Balaban J connectivity index is 1.90. The van der Waals surface area contributed by atoms with Gasteiger partial charge in [-0.25, -0.2) is 4.98 Å². The number of anilines is 2. The number of para-hydroxylation sites is 1. The zero-order chi connectivity index (χ0) is 15.8. The van der Waals surface area contributed by atoms with Gasteiger partial charge < -0.3 is 15.4 Å². The summed E-state index contributed by atoms with van der Waals surface area (Å²) in [6.45, 7) is 6.08. The first kappa shape index (κ1) is 16.5. The molecule has 1 amide bonds. The molecule has 0 saturated carbocycles. The quantitative estimate of drug-likeness (QED) is 0.731. The van der Waals surface area contributed by atoms with Crippen molar-refractivity contribution < 1.29 is 9.53 Å². The number of carbonyl (C=O) groups excluding carboxylic acids is 1. The highest BCUT2D eigenvalue weighted by molar-refractivity contribution is 7.17. The molecule has 0 radical (unpaired) electrons. The van der Waals surface area contributed by atoms with E-state index in [9.17, 15) is 4.79 Å². The molecule has 0 aliphatic heterocycles. The van der Waals surface area contributed by atoms with Crippen molar-refractivity contribution >= 4 is 28.1 Å². The van der Waals surface area contributed by atoms with Crippen LogP contribution in [0.5, 0.6) is 0 Å². The van der Waals surface area contributed by atoms with Crippen LogP contribution in [0.4, 0.5) is 10.8 Å². The van der Waals surface area contributed by atoms with E-state index >= 15 is 0 Å². The lowest BCUT2D eigenvalue weighted by Gasteiger charge is -2.03. The number of ether oxygens (including phenoxy) is 1. The number of aryl methyl sites for hydroxylation is 1. The number of carbonyl (C=O) groups is 1. The summed E-state index contributed by atoms with van der Waals surface area (Å²) < 4.78 is 5.28. The van der Waals surface area contributed by atoms with Crippen LogP contribution < -0.4 is 10.6 Å². The first-order valence-electron chi connectivity index (χ1n) is 7.36. The largest absolute Gasteiger partial charge is 0.382 e. The summed E-state index contributed by atoms with van der Waals surface area (Å²) in [7, 11) is 0. The van der Waals surface area contributed by atoms with Crippen LogP contribution in [0.1, 0.15) is 28.7 Å². The van der Waals surface area contributed by atoms with Crippen molar-refractivity contribution in [2.24, 2.45) is 0 Å². The van der Waals surface area contributed by atoms with Crippen LogP contribution in [-0.2, 0) is 4.74 Å². The van der Waals surface area contributed by atoms with Crippen LogP contribution in [0.3, 0.4) is 0 Å². The minimum atomic E-state index is -0.122. The van der Waals surface area contributed by atoms with Crippen LogP contribution in [0, 0.1) is 6.92 Å². The number of benzene rings is 1. The van der Waals surface area contributed by atoms with Gasteiger partial charge in [0.05, 0.1) is 5.69 Å². The van der Waals surface area contributed by atoms with E-state index in [1.807, 2.05) is 44.2 Å². The maximum absolute atomic E-state index is 12.3. The predicted molar refractivity (Wildman–Crippen MR) is 90.8 cm³/mol. The number of hydrogen-bond donors (Lipinski definition) is 2. The smallest absolute Gasteiger partial charge is 0.267 e. The molecule has 22 heavy (non-hydrogen) atoms. The van der Waals surface area contributed by atoms with E-state index in [1.54, 1.807) is 0 Å². The van der Waals surface area contributed by atoms with Crippen molar-refractivity contribution in [1.29, 1.82) is 0 Å². The Bertz CT molecular complexity index is 599. The molecule has 2 N–H and O–H groups in total. The van der Waals surface area contributed by atoms with Gasteiger partial charge in [-0.3, -0.25) is 4.79 Å². The second kappa shape index (κ2) is 8.51. The average molecular weight is 319 g/mol. The Morgan fingerprint density at radius 3 is 2.82 bits per heavy atom. The van der Waals surface area contributed by atoms with E-state index in [-0.39, 0.29) is 5.91 Å². The van der Waals surface area contributed by atoms with E-state index in [0.717, 1.165) is 42.7 Å². The van der Waals surface area contributed by atoms with E-state index in [4.69, 9.17) is 4.74 Å². The summed E-state index contributed by atoms with van der Waals surface area (Å²) >= 11 is 1.38. The zero-order valence-corrected chi connectivity index (χ0v) is 13.7. The molecule has 0 aliphatic rings. The number of rotatable bonds is 8. The van der Waals surface area contributed by atoms with Gasteiger partial charge in [0.15, 0.2) is 5.13 Å². The predicted octanol–water partition coefficient (Wildman–Crippen LogP) is 3.54. The Morgan fingerprint density at radius 2 is 2.09 bits per heavy atom. The second-order valence-corrected chi connectivity index (χ2v) is 5.73. The Kier molecular flexibility index (Phi) is 6.36. The van der Waals surface area contributed by atoms with Gasteiger partial charge in [-0.05, 0) is 32.4 Å². The van der Waals surface area contributed by atoms with Gasteiger partial charge in [0.2, 0.25) is 0 Å². The fourth-order valence-electron chi connectivity index (χ4n) is 1.91. The summed E-state index contributed by atoms with van der Waals surface area (Å²) in [6.07, 6.45) is 0.915. The van der Waals surface area contributed by atoms with Gasteiger partial charge in [0.1, 0.15) is 4.88 Å². The average Bonchev–Trinajstić information content (AvgIpc) is 2.89. The van der Waals surface area contributed by atoms with Crippen molar-refractivity contribution in [2.75, 3.05) is 30.4 Å². The molecule has 1 heterocycles. The molecule has 0 fully saturated rings. The number of nitrogens with zero attached hydrogens (tertiary/aromatic N) is 1. The lowest BCUT2D eigenvalue weighted by atomic mass is 10.3. The third-order valence-electron chi connectivity index (χ3n) is 2.98. The Labute approximate surface area is 134 Å². The van der Waals surface area contributed by atoms with E-state index in [0.29, 0.717) is 4.88 Å². The first-order chi connectivity index (χ1) is 10.7. The van der Waals surface area contributed by atoms with Gasteiger partial charge in [0, 0.05) is 25.4 Å². The highest BCUT2D eigenvalue weighted by Gasteiger charge is 2.15. The van der Waals surface area contributed by atoms with Crippen molar-refractivity contribution in [3.8, 4) is 0 Å². The Morgan fingerprint density at radius 1 is 1.32 bits per heavy atom. The number of aromatic nitrogens is 1. The van der Waals surface area contributed by atoms with Crippen molar-refractivity contribution in [3.63, 3.8) is 0 Å². The van der Waals surface area contributed by atoms with Crippen LogP contribution in [0.15, 0.2) is 30.3 Å². The SMILES string of the molecule is CCOCCCNc1nc(C)c(C(=O)Nc2ccccc2)s1. The molecule has 0 atom stereocenters. The van der Waals surface area contributed by atoms with Gasteiger partial charge in [-0.2, -0.15) is 0 Å². The Hall–Kier alpha value is -1.92. The van der Waals surface area contributed by atoms with Gasteiger partial charge in [-0.15, -0.1) is 0 Å². The summed E-state index contributed by atoms with van der Waals surface area (Å²) in [6, 6.07) is 9.42. The maximum atomic E-state index is 12.3. The van der Waals surface area contributed by atoms with Crippen molar-refractivity contribution in [3.05, 3.63) is 40.9 Å². The second-order valence-electron chi connectivity index (χ2n) is 4.73. The van der Waals surface area contributed by atoms with E-state index in [2.05, 4.69) is 15.6 Å². The molecule has 5 nitrogen and oxygen atoms in total. The number of amides is 1. The first-order valence-corrected chi connectivity index (χ1v) is 8.17. The molecule has 2 rings (SSSR count). The molecule has 6 heteroatoms. The molecular weight excluding hydrogens is 298 g/mol. The number of nitrogens with one attached hydrogen (secondary N) is 2. The number of hydrogen-bond acceptors (Lipinski definition) is 5. The minimum Gasteiger partial charge on any atom is -0.382 e. The van der Waals surface area contributed by atoms with E-state index in [1.165, 1.54) is 11.3 Å². The summed E-state index contributed by atoms with van der Waals surface area (Å²) in [5.74, 6) is -0.122. The molecule has 0 unspecified atom stereocenters. The number of thiazole rings is 1. The van der Waals surface area contributed by atoms with Gasteiger partial charge >= 0.3 is 0 Å².